The zero-order valence-electron chi connectivity index (χ0n) is 15.1. The van der Waals surface area contributed by atoms with Gasteiger partial charge in [0.2, 0.25) is 0 Å². The van der Waals surface area contributed by atoms with E-state index in [2.05, 4.69) is 25.7 Å². The first-order valence-corrected chi connectivity index (χ1v) is 9.05. The molecule has 2 aromatic rings. The Bertz CT molecular complexity index is 762. The van der Waals surface area contributed by atoms with E-state index in [1.165, 1.54) is 6.07 Å². The van der Waals surface area contributed by atoms with Gasteiger partial charge in [0.15, 0.2) is 5.69 Å². The fourth-order valence-corrected chi connectivity index (χ4v) is 3.23. The van der Waals surface area contributed by atoms with E-state index < -0.39 is 18.6 Å². The van der Waals surface area contributed by atoms with Crippen LogP contribution in [0.4, 0.5) is 8.78 Å². The van der Waals surface area contributed by atoms with Gasteiger partial charge in [-0.25, -0.2) is 4.68 Å². The van der Waals surface area contributed by atoms with Crippen molar-refractivity contribution in [2.45, 2.75) is 44.9 Å². The topological polar surface area (TPSA) is 81.1 Å². The highest BCUT2D eigenvalue weighted by Gasteiger charge is 2.22. The first-order chi connectivity index (χ1) is 13.1. The number of para-hydroxylation sites is 1. The molecule has 1 saturated heterocycles. The van der Waals surface area contributed by atoms with Gasteiger partial charge in [0.05, 0.1) is 18.3 Å². The van der Waals surface area contributed by atoms with Crippen LogP contribution in [0.3, 0.4) is 0 Å². The molecule has 1 aliphatic heterocycles. The number of hydrogen-bond acceptors (Lipinski definition) is 5. The van der Waals surface area contributed by atoms with Crippen LogP contribution >= 0.6 is 0 Å². The van der Waals surface area contributed by atoms with Crippen molar-refractivity contribution in [3.05, 3.63) is 41.7 Å². The molecule has 146 valence electrons. The third-order valence-corrected chi connectivity index (χ3v) is 4.65. The Labute approximate surface area is 156 Å². The molecule has 1 aliphatic rings. The van der Waals surface area contributed by atoms with Crippen LogP contribution in [-0.2, 0) is 0 Å². The molecule has 0 spiro atoms. The number of aromatic nitrogens is 3. The average Bonchev–Trinajstić information content (AvgIpc) is 3.17. The van der Waals surface area contributed by atoms with Gasteiger partial charge in [-0.3, -0.25) is 4.79 Å². The molecule has 0 aliphatic carbocycles. The van der Waals surface area contributed by atoms with Crippen molar-refractivity contribution in [1.82, 2.24) is 25.6 Å². The monoisotopic (exact) mass is 379 g/mol. The number of amides is 1. The van der Waals surface area contributed by atoms with Crippen molar-refractivity contribution in [1.29, 1.82) is 0 Å². The number of alkyl halides is 2. The first-order valence-electron chi connectivity index (χ1n) is 9.05. The third-order valence-electron chi connectivity index (χ3n) is 4.65. The summed E-state index contributed by atoms with van der Waals surface area (Å²) in [5.41, 5.74) is 0.707. The Kier molecular flexibility index (Phi) is 6.33. The second-order valence-corrected chi connectivity index (χ2v) is 6.42. The molecule has 1 unspecified atom stereocenters. The largest absolute Gasteiger partial charge is 0.434 e. The highest BCUT2D eigenvalue weighted by Crippen LogP contribution is 2.28. The van der Waals surface area contributed by atoms with Crippen molar-refractivity contribution in [3.8, 4) is 5.75 Å². The van der Waals surface area contributed by atoms with Gasteiger partial charge in [-0.05, 0) is 38.4 Å². The maximum atomic E-state index is 12.6. The molecular formula is C18H23F2N5O2. The number of rotatable bonds is 7. The molecule has 1 amide bonds. The van der Waals surface area contributed by atoms with E-state index >= 15 is 0 Å². The fraction of sp³-hybridized carbons (Fsp3) is 0.500. The van der Waals surface area contributed by atoms with Crippen LogP contribution in [0, 0.1) is 0 Å². The van der Waals surface area contributed by atoms with Crippen LogP contribution in [0.2, 0.25) is 0 Å². The number of piperidine rings is 1. The first kappa shape index (κ1) is 19.2. The quantitative estimate of drug-likeness (QED) is 0.773. The number of carbonyl (C=O) groups excluding carboxylic acids is 1. The Morgan fingerprint density at radius 2 is 2.11 bits per heavy atom. The molecule has 2 N–H and O–H groups in total. The van der Waals surface area contributed by atoms with E-state index in [1.807, 2.05) is 6.92 Å². The van der Waals surface area contributed by atoms with Crippen molar-refractivity contribution < 1.29 is 18.3 Å². The molecule has 0 bridgehead atoms. The van der Waals surface area contributed by atoms with Crippen molar-refractivity contribution in [2.24, 2.45) is 0 Å². The van der Waals surface area contributed by atoms with E-state index in [1.54, 1.807) is 29.1 Å². The minimum atomic E-state index is -2.93. The second-order valence-electron chi connectivity index (χ2n) is 6.42. The van der Waals surface area contributed by atoms with E-state index in [9.17, 15) is 13.6 Å². The highest BCUT2D eigenvalue weighted by atomic mass is 19.3. The van der Waals surface area contributed by atoms with E-state index in [0.29, 0.717) is 12.0 Å². The minimum absolute atomic E-state index is 0.0537. The number of nitrogens with zero attached hydrogens (tertiary/aromatic N) is 3. The number of carbonyl (C=O) groups is 1. The maximum absolute atomic E-state index is 12.6. The predicted octanol–water partition coefficient (Wildman–Crippen LogP) is 2.69. The van der Waals surface area contributed by atoms with Gasteiger partial charge in [0.25, 0.3) is 5.91 Å². The van der Waals surface area contributed by atoms with Crippen molar-refractivity contribution in [3.63, 3.8) is 0 Å². The standard InChI is InChI=1S/C18H23F2N5O2/c1-2-14(13-5-3-4-6-16(13)27-18(19)20)22-17(26)15-11-25(24-23-15)12-7-9-21-10-8-12/h3-6,11-12,14,18,21H,2,7-10H2,1H3,(H,22,26). The molecule has 7 nitrogen and oxygen atoms in total. The van der Waals surface area contributed by atoms with Crippen LogP contribution < -0.4 is 15.4 Å². The molecule has 1 aromatic carbocycles. The lowest BCUT2D eigenvalue weighted by atomic mass is 10.0. The lowest BCUT2D eigenvalue weighted by molar-refractivity contribution is -0.0506. The molecule has 0 radical (unpaired) electrons. The molecule has 1 aromatic heterocycles. The minimum Gasteiger partial charge on any atom is -0.434 e. The summed E-state index contributed by atoms with van der Waals surface area (Å²) in [6, 6.07) is 6.21. The molecule has 0 saturated carbocycles. The number of halogens is 2. The average molecular weight is 379 g/mol. The Morgan fingerprint density at radius 3 is 2.81 bits per heavy atom. The van der Waals surface area contributed by atoms with Crippen LogP contribution in [0.1, 0.15) is 54.3 Å². The molecule has 27 heavy (non-hydrogen) atoms. The highest BCUT2D eigenvalue weighted by molar-refractivity contribution is 5.92. The summed E-state index contributed by atoms with van der Waals surface area (Å²) < 4.78 is 31.6. The van der Waals surface area contributed by atoms with Crippen LogP contribution in [0.5, 0.6) is 5.75 Å². The summed E-state index contributed by atoms with van der Waals surface area (Å²) in [6.45, 7) is 0.746. The summed E-state index contributed by atoms with van der Waals surface area (Å²) in [6.07, 6.45) is 4.01. The van der Waals surface area contributed by atoms with Crippen LogP contribution in [0.25, 0.3) is 0 Å². The summed E-state index contributed by atoms with van der Waals surface area (Å²) >= 11 is 0. The van der Waals surface area contributed by atoms with Crippen LogP contribution in [-0.4, -0.2) is 40.6 Å². The van der Waals surface area contributed by atoms with Gasteiger partial charge in [-0.15, -0.1) is 5.10 Å². The second kappa shape index (κ2) is 8.90. The number of ether oxygens (including phenoxy) is 1. The number of hydrogen-bond donors (Lipinski definition) is 2. The van der Waals surface area contributed by atoms with Crippen molar-refractivity contribution >= 4 is 5.91 Å². The normalized spacial score (nSPS) is 16.3. The zero-order valence-corrected chi connectivity index (χ0v) is 15.1. The Balaban J connectivity index is 1.71. The lowest BCUT2D eigenvalue weighted by Gasteiger charge is -2.22. The van der Waals surface area contributed by atoms with Gasteiger partial charge in [-0.1, -0.05) is 30.3 Å². The SMILES string of the molecule is CCC(NC(=O)c1cn(C2CCNCC2)nn1)c1ccccc1OC(F)F. The molecule has 9 heteroatoms. The fourth-order valence-electron chi connectivity index (χ4n) is 3.23. The molecule has 3 rings (SSSR count). The summed E-state index contributed by atoms with van der Waals surface area (Å²) in [5.74, 6) is -0.341. The third kappa shape index (κ3) is 4.79. The molecule has 2 heterocycles. The van der Waals surface area contributed by atoms with Gasteiger partial charge >= 0.3 is 6.61 Å². The summed E-state index contributed by atoms with van der Waals surface area (Å²) in [7, 11) is 0. The Hall–Kier alpha value is -2.55. The van der Waals surface area contributed by atoms with Gasteiger partial charge in [0, 0.05) is 5.56 Å². The predicted molar refractivity (Wildman–Crippen MR) is 94.7 cm³/mol. The number of benzene rings is 1. The molecule has 1 atom stereocenters. The zero-order chi connectivity index (χ0) is 19.2. The summed E-state index contributed by atoms with van der Waals surface area (Å²) in [4.78, 5) is 12.6. The van der Waals surface area contributed by atoms with E-state index in [0.717, 1.165) is 25.9 Å². The van der Waals surface area contributed by atoms with Gasteiger partial charge in [-0.2, -0.15) is 8.78 Å². The van der Waals surface area contributed by atoms with E-state index in [-0.39, 0.29) is 17.5 Å². The van der Waals surface area contributed by atoms with E-state index in [4.69, 9.17) is 0 Å². The Morgan fingerprint density at radius 1 is 1.37 bits per heavy atom. The van der Waals surface area contributed by atoms with Crippen molar-refractivity contribution in [2.75, 3.05) is 13.1 Å². The molecule has 1 fully saturated rings. The van der Waals surface area contributed by atoms with Gasteiger partial charge in [0.1, 0.15) is 5.75 Å². The number of nitrogens with one attached hydrogen (secondary N) is 2. The maximum Gasteiger partial charge on any atom is 0.387 e. The smallest absolute Gasteiger partial charge is 0.387 e. The van der Waals surface area contributed by atoms with Gasteiger partial charge < -0.3 is 15.4 Å². The summed E-state index contributed by atoms with van der Waals surface area (Å²) in [5, 5.41) is 14.2. The lowest BCUT2D eigenvalue weighted by Crippen LogP contribution is -2.30. The van der Waals surface area contributed by atoms with Crippen LogP contribution in [0.15, 0.2) is 30.5 Å². The molecular weight excluding hydrogens is 356 g/mol.